The lowest BCUT2D eigenvalue weighted by molar-refractivity contribution is 0.526. The van der Waals surface area contributed by atoms with Crippen LogP contribution in [0.4, 0.5) is 10.2 Å². The lowest BCUT2D eigenvalue weighted by atomic mass is 10.0. The van der Waals surface area contributed by atoms with E-state index in [1.807, 2.05) is 25.1 Å². The van der Waals surface area contributed by atoms with Crippen molar-refractivity contribution in [1.82, 2.24) is 9.78 Å². The summed E-state index contributed by atoms with van der Waals surface area (Å²) in [5.74, 6) is 1.68. The number of benzene rings is 1. The van der Waals surface area contributed by atoms with Crippen LogP contribution >= 0.6 is 0 Å². The number of hydrogen-bond acceptors (Lipinski definition) is 3. The molecule has 0 aliphatic rings. The van der Waals surface area contributed by atoms with Gasteiger partial charge in [0, 0.05) is 13.5 Å². The van der Waals surface area contributed by atoms with Crippen LogP contribution in [0.1, 0.15) is 12.7 Å². The Hall–Kier alpha value is -2.56. The molecule has 3 aromatic rings. The second-order valence-electron chi connectivity index (χ2n) is 4.86. The molecule has 108 valence electrons. The summed E-state index contributed by atoms with van der Waals surface area (Å²) in [6, 6.07) is 10.1. The summed E-state index contributed by atoms with van der Waals surface area (Å²) in [5.41, 5.74) is 8.10. The van der Waals surface area contributed by atoms with Crippen molar-refractivity contribution in [2.24, 2.45) is 7.05 Å². The molecule has 2 heterocycles. The van der Waals surface area contributed by atoms with Gasteiger partial charge in [-0.25, -0.2) is 4.39 Å². The second kappa shape index (κ2) is 5.09. The smallest absolute Gasteiger partial charge is 0.155 e. The summed E-state index contributed by atoms with van der Waals surface area (Å²) in [6.45, 7) is 2.02. The van der Waals surface area contributed by atoms with Gasteiger partial charge in [-0.2, -0.15) is 5.10 Å². The van der Waals surface area contributed by atoms with Crippen LogP contribution in [0.5, 0.6) is 0 Å². The minimum Gasteiger partial charge on any atom is -0.459 e. The monoisotopic (exact) mass is 285 g/mol. The topological polar surface area (TPSA) is 57.0 Å². The Morgan fingerprint density at radius 2 is 2.10 bits per heavy atom. The average molecular weight is 285 g/mol. The van der Waals surface area contributed by atoms with Gasteiger partial charge in [-0.1, -0.05) is 19.1 Å². The minimum absolute atomic E-state index is 0.310. The predicted octanol–water partition coefficient (Wildman–Crippen LogP) is 3.63. The fourth-order valence-corrected chi connectivity index (χ4v) is 2.33. The minimum atomic E-state index is -0.310. The molecule has 0 saturated heterocycles. The van der Waals surface area contributed by atoms with E-state index in [4.69, 9.17) is 10.2 Å². The van der Waals surface area contributed by atoms with Gasteiger partial charge in [0.25, 0.3) is 0 Å². The third-order valence-electron chi connectivity index (χ3n) is 3.45. The number of anilines is 1. The van der Waals surface area contributed by atoms with Crippen molar-refractivity contribution >= 4 is 5.82 Å². The number of halogens is 1. The van der Waals surface area contributed by atoms with Crippen LogP contribution in [-0.4, -0.2) is 9.78 Å². The third kappa shape index (κ3) is 2.31. The van der Waals surface area contributed by atoms with Crippen LogP contribution in [0.15, 0.2) is 40.8 Å². The predicted molar refractivity (Wildman–Crippen MR) is 80.1 cm³/mol. The molecule has 0 atom stereocenters. The van der Waals surface area contributed by atoms with Gasteiger partial charge in [0.15, 0.2) is 5.76 Å². The maximum Gasteiger partial charge on any atom is 0.155 e. The van der Waals surface area contributed by atoms with Crippen molar-refractivity contribution in [2.75, 3.05) is 5.73 Å². The van der Waals surface area contributed by atoms with Crippen molar-refractivity contribution in [2.45, 2.75) is 13.3 Å². The molecule has 0 unspecified atom stereocenters. The average Bonchev–Trinajstić information content (AvgIpc) is 3.05. The van der Waals surface area contributed by atoms with E-state index in [0.717, 1.165) is 12.2 Å². The molecule has 21 heavy (non-hydrogen) atoms. The first-order valence-corrected chi connectivity index (χ1v) is 6.77. The number of hydrogen-bond donors (Lipinski definition) is 1. The number of nitrogens with zero attached hydrogens (tertiary/aromatic N) is 2. The van der Waals surface area contributed by atoms with Crippen LogP contribution in [0.25, 0.3) is 22.6 Å². The van der Waals surface area contributed by atoms with E-state index in [1.54, 1.807) is 17.8 Å². The van der Waals surface area contributed by atoms with Gasteiger partial charge in [0.05, 0.1) is 5.56 Å². The zero-order chi connectivity index (χ0) is 15.0. The quantitative estimate of drug-likeness (QED) is 0.799. The van der Waals surface area contributed by atoms with E-state index in [-0.39, 0.29) is 5.82 Å². The zero-order valence-electron chi connectivity index (χ0n) is 11.9. The first kappa shape index (κ1) is 13.4. The molecule has 2 N–H and O–H groups in total. The molecule has 0 aliphatic heterocycles. The molecule has 5 heteroatoms. The molecular formula is C16H16FN3O. The second-order valence-corrected chi connectivity index (χ2v) is 4.86. The van der Waals surface area contributed by atoms with Crippen LogP contribution in [0.3, 0.4) is 0 Å². The van der Waals surface area contributed by atoms with E-state index in [9.17, 15) is 4.39 Å². The number of furan rings is 1. The molecule has 4 nitrogen and oxygen atoms in total. The summed E-state index contributed by atoms with van der Waals surface area (Å²) < 4.78 is 20.8. The number of rotatable bonds is 3. The fourth-order valence-electron chi connectivity index (χ4n) is 2.33. The van der Waals surface area contributed by atoms with Crippen molar-refractivity contribution in [3.8, 4) is 22.6 Å². The van der Waals surface area contributed by atoms with Crippen LogP contribution in [0, 0.1) is 5.82 Å². The van der Waals surface area contributed by atoms with Gasteiger partial charge in [-0.3, -0.25) is 4.68 Å². The van der Waals surface area contributed by atoms with Crippen molar-refractivity contribution in [3.63, 3.8) is 0 Å². The third-order valence-corrected chi connectivity index (χ3v) is 3.45. The Labute approximate surface area is 122 Å². The van der Waals surface area contributed by atoms with E-state index in [0.29, 0.717) is 28.4 Å². The van der Waals surface area contributed by atoms with Crippen LogP contribution in [-0.2, 0) is 13.5 Å². The SMILES string of the molecule is CCc1ccc(-c2nn(C)c(N)c2-c2cccc(F)c2)o1. The summed E-state index contributed by atoms with van der Waals surface area (Å²) >= 11 is 0. The summed E-state index contributed by atoms with van der Waals surface area (Å²) in [5, 5.41) is 4.41. The Bertz CT molecular complexity index is 789. The maximum atomic E-state index is 13.5. The van der Waals surface area contributed by atoms with E-state index in [1.165, 1.54) is 12.1 Å². The molecule has 3 rings (SSSR count). The lowest BCUT2D eigenvalue weighted by Crippen LogP contribution is -1.98. The van der Waals surface area contributed by atoms with Crippen LogP contribution in [0.2, 0.25) is 0 Å². The van der Waals surface area contributed by atoms with Crippen molar-refractivity contribution in [1.29, 1.82) is 0 Å². The van der Waals surface area contributed by atoms with E-state index in [2.05, 4.69) is 5.10 Å². The highest BCUT2D eigenvalue weighted by molar-refractivity contribution is 5.86. The molecular weight excluding hydrogens is 269 g/mol. The van der Waals surface area contributed by atoms with Crippen molar-refractivity contribution < 1.29 is 8.81 Å². The summed E-state index contributed by atoms with van der Waals surface area (Å²) in [6.07, 6.45) is 0.803. The molecule has 0 radical (unpaired) electrons. The van der Waals surface area contributed by atoms with E-state index < -0.39 is 0 Å². The van der Waals surface area contributed by atoms with Gasteiger partial charge >= 0.3 is 0 Å². The summed E-state index contributed by atoms with van der Waals surface area (Å²) in [7, 11) is 1.76. The number of aryl methyl sites for hydroxylation is 2. The molecule has 2 aromatic heterocycles. The highest BCUT2D eigenvalue weighted by atomic mass is 19.1. The fraction of sp³-hybridized carbons (Fsp3) is 0.188. The highest BCUT2D eigenvalue weighted by Gasteiger charge is 2.20. The number of nitrogen functional groups attached to an aromatic ring is 1. The molecule has 0 bridgehead atoms. The van der Waals surface area contributed by atoms with Gasteiger partial charge < -0.3 is 10.2 Å². The Balaban J connectivity index is 2.20. The van der Waals surface area contributed by atoms with Crippen molar-refractivity contribution in [3.05, 3.63) is 48.0 Å². The number of nitrogens with two attached hydrogens (primary N) is 1. The van der Waals surface area contributed by atoms with Gasteiger partial charge in [-0.15, -0.1) is 0 Å². The summed E-state index contributed by atoms with van der Waals surface area (Å²) in [4.78, 5) is 0. The molecule has 0 spiro atoms. The number of aromatic nitrogens is 2. The Kier molecular flexibility index (Phi) is 3.25. The van der Waals surface area contributed by atoms with Gasteiger partial charge in [0.1, 0.15) is 23.1 Å². The standard InChI is InChI=1S/C16H16FN3O/c1-3-12-7-8-13(21-12)15-14(16(18)20(2)19-15)10-5-4-6-11(17)9-10/h4-9H,3,18H2,1-2H3. The zero-order valence-corrected chi connectivity index (χ0v) is 11.9. The first-order chi connectivity index (χ1) is 10.1. The first-order valence-electron chi connectivity index (χ1n) is 6.77. The molecule has 0 fully saturated rings. The Morgan fingerprint density at radius 3 is 2.76 bits per heavy atom. The normalized spacial score (nSPS) is 11.0. The lowest BCUT2D eigenvalue weighted by Gasteiger charge is -2.03. The van der Waals surface area contributed by atoms with Crippen LogP contribution < -0.4 is 5.73 Å². The highest BCUT2D eigenvalue weighted by Crippen LogP contribution is 2.36. The largest absolute Gasteiger partial charge is 0.459 e. The van der Waals surface area contributed by atoms with Gasteiger partial charge in [-0.05, 0) is 29.8 Å². The molecule has 1 aromatic carbocycles. The molecule has 0 amide bonds. The van der Waals surface area contributed by atoms with Gasteiger partial charge in [0.2, 0.25) is 0 Å². The molecule has 0 saturated carbocycles. The Morgan fingerprint density at radius 1 is 1.29 bits per heavy atom. The van der Waals surface area contributed by atoms with E-state index >= 15 is 0 Å². The maximum absolute atomic E-state index is 13.5. The molecule has 0 aliphatic carbocycles.